The molecule has 3 aromatic rings. The monoisotopic (exact) mass is 378 g/mol. The summed E-state index contributed by atoms with van der Waals surface area (Å²) in [7, 11) is -1.62. The summed E-state index contributed by atoms with van der Waals surface area (Å²) in [6.45, 7) is 9.02. The zero-order chi connectivity index (χ0) is 18.7. The van der Waals surface area contributed by atoms with Gasteiger partial charge >= 0.3 is 0 Å². The maximum atomic E-state index is 6.66. The van der Waals surface area contributed by atoms with Crippen molar-refractivity contribution >= 4 is 36.0 Å². The second kappa shape index (κ2) is 8.24. The Morgan fingerprint density at radius 3 is 1.62 bits per heavy atom. The molecule has 0 aliphatic heterocycles. The Bertz CT molecular complexity index is 831. The fourth-order valence-corrected chi connectivity index (χ4v) is 7.02. The Balaban J connectivity index is 2.19. The Morgan fingerprint density at radius 2 is 1.15 bits per heavy atom. The highest BCUT2D eigenvalue weighted by Crippen LogP contribution is 2.15. The van der Waals surface area contributed by atoms with Crippen molar-refractivity contribution in [1.29, 1.82) is 0 Å². The van der Waals surface area contributed by atoms with Crippen LogP contribution in [0.5, 0.6) is 0 Å². The van der Waals surface area contributed by atoms with Crippen LogP contribution >= 0.6 is 11.6 Å². The van der Waals surface area contributed by atoms with Gasteiger partial charge in [0.1, 0.15) is 8.80 Å². The van der Waals surface area contributed by atoms with Crippen LogP contribution in [0.2, 0.25) is 5.02 Å². The topological polar surface area (TPSA) is 0 Å². The van der Waals surface area contributed by atoms with E-state index in [4.69, 9.17) is 11.6 Å². The standard InChI is InChI=1S/C24H27ClSi/c1-17(2)19-9-7-11-21(15-19)26(24-14-6-5-13-23(24)25)22-12-8-10-20(16-22)18(3)4/h5-18,26H,1-4H3. The third kappa shape index (κ3) is 4.11. The number of halogens is 1. The Hall–Kier alpha value is -1.83. The number of hydrogen-bond donors (Lipinski definition) is 0. The van der Waals surface area contributed by atoms with Gasteiger partial charge in [0.25, 0.3) is 0 Å². The van der Waals surface area contributed by atoms with Gasteiger partial charge in [-0.1, -0.05) is 116 Å². The van der Waals surface area contributed by atoms with Crippen LogP contribution < -0.4 is 15.6 Å². The molecule has 0 amide bonds. The third-order valence-corrected chi connectivity index (χ3v) is 8.74. The van der Waals surface area contributed by atoms with Crippen LogP contribution in [0.1, 0.15) is 50.7 Å². The normalized spacial score (nSPS) is 11.5. The highest BCUT2D eigenvalue weighted by atomic mass is 35.5. The fraction of sp³-hybridized carbons (Fsp3) is 0.250. The van der Waals surface area contributed by atoms with Crippen LogP contribution in [0.3, 0.4) is 0 Å². The van der Waals surface area contributed by atoms with E-state index < -0.39 is 8.80 Å². The number of rotatable bonds is 5. The predicted molar refractivity (Wildman–Crippen MR) is 119 cm³/mol. The first-order valence-electron chi connectivity index (χ1n) is 9.41. The maximum Gasteiger partial charge on any atom is 0.134 e. The molecule has 26 heavy (non-hydrogen) atoms. The van der Waals surface area contributed by atoms with Gasteiger partial charge in [-0.15, -0.1) is 0 Å². The van der Waals surface area contributed by atoms with Gasteiger partial charge in [-0.3, -0.25) is 0 Å². The highest BCUT2D eigenvalue weighted by Gasteiger charge is 2.22. The van der Waals surface area contributed by atoms with Crippen molar-refractivity contribution < 1.29 is 0 Å². The Labute approximate surface area is 164 Å². The van der Waals surface area contributed by atoms with E-state index in [1.54, 1.807) is 0 Å². The Morgan fingerprint density at radius 1 is 0.654 bits per heavy atom. The molecule has 0 radical (unpaired) electrons. The predicted octanol–water partition coefficient (Wildman–Crippen LogP) is 4.84. The summed E-state index contributed by atoms with van der Waals surface area (Å²) in [5, 5.41) is 5.06. The molecule has 0 N–H and O–H groups in total. The minimum absolute atomic E-state index is 0.526. The largest absolute Gasteiger partial charge is 0.134 e. The van der Waals surface area contributed by atoms with Crippen LogP contribution in [0.4, 0.5) is 0 Å². The molecule has 0 saturated carbocycles. The molecule has 0 heterocycles. The molecule has 3 aromatic carbocycles. The number of benzene rings is 3. The van der Waals surface area contributed by atoms with Crippen molar-refractivity contribution in [2.24, 2.45) is 0 Å². The van der Waals surface area contributed by atoms with E-state index >= 15 is 0 Å². The first-order chi connectivity index (χ1) is 12.5. The van der Waals surface area contributed by atoms with Crippen LogP contribution in [0.15, 0.2) is 72.8 Å². The number of hydrogen-bond acceptors (Lipinski definition) is 0. The van der Waals surface area contributed by atoms with Crippen molar-refractivity contribution in [1.82, 2.24) is 0 Å². The summed E-state index contributed by atoms with van der Waals surface area (Å²) in [4.78, 5) is 0. The Kier molecular flexibility index (Phi) is 6.00. The lowest BCUT2D eigenvalue weighted by atomic mass is 10.0. The third-order valence-electron chi connectivity index (χ3n) is 5.04. The lowest BCUT2D eigenvalue weighted by Gasteiger charge is -2.21. The van der Waals surface area contributed by atoms with E-state index in [1.807, 2.05) is 12.1 Å². The van der Waals surface area contributed by atoms with Crippen molar-refractivity contribution in [2.45, 2.75) is 39.5 Å². The average Bonchev–Trinajstić information content (AvgIpc) is 2.64. The van der Waals surface area contributed by atoms with Crippen molar-refractivity contribution in [3.05, 3.63) is 88.9 Å². The van der Waals surface area contributed by atoms with Gasteiger partial charge in [0.15, 0.2) is 0 Å². The first-order valence-corrected chi connectivity index (χ1v) is 11.5. The van der Waals surface area contributed by atoms with Crippen LogP contribution in [0.25, 0.3) is 0 Å². The molecular formula is C24H27ClSi. The molecule has 0 fully saturated rings. The quantitative estimate of drug-likeness (QED) is 0.440. The van der Waals surface area contributed by atoms with Gasteiger partial charge in [0, 0.05) is 5.02 Å². The molecule has 0 nitrogen and oxygen atoms in total. The molecule has 3 rings (SSSR count). The molecule has 0 atom stereocenters. The molecule has 0 saturated heterocycles. The summed E-state index contributed by atoms with van der Waals surface area (Å²) >= 11 is 6.66. The molecule has 0 bridgehead atoms. The van der Waals surface area contributed by atoms with E-state index in [0.29, 0.717) is 11.8 Å². The summed E-state index contributed by atoms with van der Waals surface area (Å²) in [5.41, 5.74) is 2.79. The average molecular weight is 379 g/mol. The second-order valence-corrected chi connectivity index (χ2v) is 10.8. The van der Waals surface area contributed by atoms with Crippen LogP contribution in [0, 0.1) is 0 Å². The summed E-state index contributed by atoms with van der Waals surface area (Å²) in [6.07, 6.45) is 0. The van der Waals surface area contributed by atoms with Crippen LogP contribution in [-0.2, 0) is 0 Å². The summed E-state index contributed by atoms with van der Waals surface area (Å²) in [5.74, 6) is 1.05. The second-order valence-electron chi connectivity index (χ2n) is 7.60. The molecule has 2 heteroatoms. The lowest BCUT2D eigenvalue weighted by molar-refractivity contribution is 0.867. The molecule has 0 aliphatic rings. The van der Waals surface area contributed by atoms with E-state index in [-0.39, 0.29) is 0 Å². The smallest absolute Gasteiger partial charge is 0.0845 e. The zero-order valence-electron chi connectivity index (χ0n) is 16.0. The summed E-state index contributed by atoms with van der Waals surface area (Å²) < 4.78 is 0. The minimum atomic E-state index is -1.62. The van der Waals surface area contributed by atoms with Gasteiger partial charge in [0.05, 0.1) is 0 Å². The van der Waals surface area contributed by atoms with Crippen molar-refractivity contribution in [2.75, 3.05) is 0 Å². The van der Waals surface area contributed by atoms with Gasteiger partial charge in [0.2, 0.25) is 0 Å². The van der Waals surface area contributed by atoms with E-state index in [0.717, 1.165) is 5.02 Å². The maximum absolute atomic E-state index is 6.66. The van der Waals surface area contributed by atoms with Crippen molar-refractivity contribution in [3.63, 3.8) is 0 Å². The van der Waals surface area contributed by atoms with Gasteiger partial charge in [-0.25, -0.2) is 0 Å². The first kappa shape index (κ1) is 18.9. The molecular weight excluding hydrogens is 352 g/mol. The molecule has 0 aliphatic carbocycles. The van der Waals surface area contributed by atoms with Gasteiger partial charge in [-0.2, -0.15) is 0 Å². The molecule has 0 spiro atoms. The van der Waals surface area contributed by atoms with E-state index in [2.05, 4.69) is 88.4 Å². The van der Waals surface area contributed by atoms with Gasteiger partial charge in [-0.05, 0) is 34.2 Å². The highest BCUT2D eigenvalue weighted by molar-refractivity contribution is 6.96. The SMILES string of the molecule is CC(C)c1cccc([SiH](c2cccc(C(C)C)c2)c2ccccc2Cl)c1. The molecule has 134 valence electrons. The lowest BCUT2D eigenvalue weighted by Crippen LogP contribution is -2.52. The molecule has 0 aromatic heterocycles. The fourth-order valence-electron chi connectivity index (χ4n) is 3.46. The zero-order valence-corrected chi connectivity index (χ0v) is 17.9. The van der Waals surface area contributed by atoms with Crippen molar-refractivity contribution in [3.8, 4) is 0 Å². The van der Waals surface area contributed by atoms with E-state index in [1.165, 1.54) is 26.7 Å². The van der Waals surface area contributed by atoms with E-state index in [9.17, 15) is 0 Å². The van der Waals surface area contributed by atoms with Gasteiger partial charge < -0.3 is 0 Å². The molecule has 0 unspecified atom stereocenters. The van der Waals surface area contributed by atoms with Crippen LogP contribution in [-0.4, -0.2) is 8.80 Å². The minimum Gasteiger partial charge on any atom is -0.0845 e. The summed E-state index contributed by atoms with van der Waals surface area (Å²) in [6, 6.07) is 26.6.